The van der Waals surface area contributed by atoms with Crippen LogP contribution >= 0.6 is 0 Å². The van der Waals surface area contributed by atoms with Crippen LogP contribution in [-0.2, 0) is 20.5 Å². The average molecular weight is 302 g/mol. The Kier molecular flexibility index (Phi) is 4.61. The lowest BCUT2D eigenvalue weighted by Crippen LogP contribution is -2.27. The monoisotopic (exact) mass is 302 g/mol. The summed E-state index contributed by atoms with van der Waals surface area (Å²) in [6, 6.07) is 3.91. The molecule has 0 unspecified atom stereocenters. The van der Waals surface area contributed by atoms with Gasteiger partial charge in [-0.2, -0.15) is 0 Å². The second-order valence-electron chi connectivity index (χ2n) is 5.28. The maximum Gasteiger partial charge on any atom is 0.412 e. The van der Waals surface area contributed by atoms with Gasteiger partial charge in [0.15, 0.2) is 0 Å². The number of phenols is 1. The van der Waals surface area contributed by atoms with Crippen molar-refractivity contribution in [2.45, 2.75) is 32.1 Å². The second kappa shape index (κ2) is 5.68. The molecule has 0 saturated carbocycles. The number of nitrogens with two attached hydrogens (primary N) is 1. The first-order chi connectivity index (χ1) is 8.96. The zero-order chi connectivity index (χ0) is 15.6. The standard InChI is InChI=1S/C12H18N2O5S/c1-12(2,3)19-11(16)14-10-5-4-9(15)6-8(10)7-20(13,17)18/h4-6,15H,7H2,1-3H3,(H,14,16)(H2,13,17,18). The van der Waals surface area contributed by atoms with Crippen molar-refractivity contribution >= 4 is 21.8 Å². The van der Waals surface area contributed by atoms with E-state index in [0.717, 1.165) is 0 Å². The van der Waals surface area contributed by atoms with Gasteiger partial charge in [-0.1, -0.05) is 0 Å². The minimum Gasteiger partial charge on any atom is -0.508 e. The molecule has 112 valence electrons. The van der Waals surface area contributed by atoms with Crippen LogP contribution in [0, 0.1) is 0 Å². The van der Waals surface area contributed by atoms with E-state index in [9.17, 15) is 18.3 Å². The van der Waals surface area contributed by atoms with Crippen molar-refractivity contribution in [3.63, 3.8) is 0 Å². The number of ether oxygens (including phenoxy) is 1. The molecule has 0 fully saturated rings. The number of benzene rings is 1. The quantitative estimate of drug-likeness (QED) is 0.731. The normalized spacial score (nSPS) is 12.0. The third kappa shape index (κ3) is 5.89. The Balaban J connectivity index is 2.98. The molecule has 8 heteroatoms. The second-order valence-corrected chi connectivity index (χ2v) is 6.89. The predicted octanol–water partition coefficient (Wildman–Crippen LogP) is 1.53. The van der Waals surface area contributed by atoms with Gasteiger partial charge in [-0.25, -0.2) is 18.4 Å². The number of hydrogen-bond donors (Lipinski definition) is 3. The Labute approximate surface area is 117 Å². The van der Waals surface area contributed by atoms with E-state index in [2.05, 4.69) is 5.32 Å². The molecule has 0 spiro atoms. The number of carbonyl (C=O) groups excluding carboxylic acids is 1. The number of nitrogens with one attached hydrogen (secondary N) is 1. The molecule has 0 bridgehead atoms. The number of sulfonamides is 1. The number of phenolic OH excluding ortho intramolecular Hbond substituents is 1. The van der Waals surface area contributed by atoms with Crippen molar-refractivity contribution in [2.75, 3.05) is 5.32 Å². The van der Waals surface area contributed by atoms with Gasteiger partial charge >= 0.3 is 6.09 Å². The van der Waals surface area contributed by atoms with Gasteiger partial charge in [0.05, 0.1) is 5.75 Å². The van der Waals surface area contributed by atoms with E-state index < -0.39 is 27.5 Å². The van der Waals surface area contributed by atoms with Crippen molar-refractivity contribution in [3.8, 4) is 5.75 Å². The fourth-order valence-corrected chi connectivity index (χ4v) is 2.12. The molecule has 0 aliphatic carbocycles. The Bertz CT molecular complexity index is 605. The summed E-state index contributed by atoms with van der Waals surface area (Å²) in [5, 5.41) is 16.8. The highest BCUT2D eigenvalue weighted by atomic mass is 32.2. The number of rotatable bonds is 3. The van der Waals surface area contributed by atoms with Crippen molar-refractivity contribution in [1.82, 2.24) is 0 Å². The molecular formula is C12H18N2O5S. The molecule has 0 aromatic heterocycles. The fraction of sp³-hybridized carbons (Fsp3) is 0.417. The summed E-state index contributed by atoms with van der Waals surface area (Å²) in [4.78, 5) is 11.7. The van der Waals surface area contributed by atoms with E-state index in [1.165, 1.54) is 18.2 Å². The first-order valence-electron chi connectivity index (χ1n) is 5.79. The molecule has 7 nitrogen and oxygen atoms in total. The summed E-state index contributed by atoms with van der Waals surface area (Å²) in [6.45, 7) is 5.11. The Morgan fingerprint density at radius 1 is 1.40 bits per heavy atom. The fourth-order valence-electron chi connectivity index (χ4n) is 1.45. The lowest BCUT2D eigenvalue weighted by molar-refractivity contribution is 0.0635. The Morgan fingerprint density at radius 3 is 2.50 bits per heavy atom. The van der Waals surface area contributed by atoms with Gasteiger partial charge in [-0.05, 0) is 44.5 Å². The van der Waals surface area contributed by atoms with Gasteiger partial charge in [0, 0.05) is 5.69 Å². The maximum absolute atomic E-state index is 11.7. The molecular weight excluding hydrogens is 284 g/mol. The number of aromatic hydroxyl groups is 1. The molecule has 0 saturated heterocycles. The third-order valence-corrected chi connectivity index (χ3v) is 2.79. The molecule has 1 rings (SSSR count). The molecule has 0 aliphatic heterocycles. The van der Waals surface area contributed by atoms with Crippen molar-refractivity contribution in [3.05, 3.63) is 23.8 Å². The largest absolute Gasteiger partial charge is 0.508 e. The highest BCUT2D eigenvalue weighted by Crippen LogP contribution is 2.23. The highest BCUT2D eigenvalue weighted by Gasteiger charge is 2.18. The number of hydrogen-bond acceptors (Lipinski definition) is 5. The van der Waals surface area contributed by atoms with Crippen LogP contribution in [0.5, 0.6) is 5.75 Å². The summed E-state index contributed by atoms with van der Waals surface area (Å²) in [5.41, 5.74) is -0.286. The number of primary sulfonamides is 1. The lowest BCUT2D eigenvalue weighted by Gasteiger charge is -2.20. The van der Waals surface area contributed by atoms with E-state index in [-0.39, 0.29) is 17.0 Å². The molecule has 0 atom stereocenters. The minimum absolute atomic E-state index is 0.126. The van der Waals surface area contributed by atoms with E-state index in [4.69, 9.17) is 9.88 Å². The Hall–Kier alpha value is -1.80. The number of amides is 1. The van der Waals surface area contributed by atoms with Crippen LogP contribution in [0.2, 0.25) is 0 Å². The number of anilines is 1. The van der Waals surface area contributed by atoms with Crippen molar-refractivity contribution in [1.29, 1.82) is 0 Å². The summed E-state index contributed by atoms with van der Waals surface area (Å²) in [6.07, 6.45) is -0.723. The van der Waals surface area contributed by atoms with E-state index in [1.54, 1.807) is 20.8 Å². The smallest absolute Gasteiger partial charge is 0.412 e. The lowest BCUT2D eigenvalue weighted by atomic mass is 10.2. The van der Waals surface area contributed by atoms with E-state index in [0.29, 0.717) is 0 Å². The van der Waals surface area contributed by atoms with Gasteiger partial charge in [-0.3, -0.25) is 5.32 Å². The van der Waals surface area contributed by atoms with Crippen LogP contribution in [-0.4, -0.2) is 25.2 Å². The van der Waals surface area contributed by atoms with E-state index in [1.807, 2.05) is 0 Å². The molecule has 1 aromatic carbocycles. The van der Waals surface area contributed by atoms with Crippen LogP contribution in [0.25, 0.3) is 0 Å². The SMILES string of the molecule is CC(C)(C)OC(=O)Nc1ccc(O)cc1CS(N)(=O)=O. The van der Waals surface area contributed by atoms with Crippen molar-refractivity contribution < 1.29 is 23.1 Å². The molecule has 0 aliphatic rings. The van der Waals surface area contributed by atoms with Gasteiger partial charge in [0.1, 0.15) is 11.4 Å². The van der Waals surface area contributed by atoms with E-state index >= 15 is 0 Å². The molecule has 1 aromatic rings. The topological polar surface area (TPSA) is 119 Å². The van der Waals surface area contributed by atoms with Crippen molar-refractivity contribution in [2.24, 2.45) is 5.14 Å². The van der Waals surface area contributed by atoms with Crippen LogP contribution in [0.4, 0.5) is 10.5 Å². The molecule has 0 radical (unpaired) electrons. The van der Waals surface area contributed by atoms with Gasteiger partial charge in [0.25, 0.3) is 0 Å². The Morgan fingerprint density at radius 2 is 2.00 bits per heavy atom. The summed E-state index contributed by atoms with van der Waals surface area (Å²) in [7, 11) is -3.79. The molecule has 20 heavy (non-hydrogen) atoms. The van der Waals surface area contributed by atoms with Crippen LogP contribution in [0.1, 0.15) is 26.3 Å². The van der Waals surface area contributed by atoms with Gasteiger partial charge < -0.3 is 9.84 Å². The predicted molar refractivity (Wildman–Crippen MR) is 74.8 cm³/mol. The molecule has 1 amide bonds. The van der Waals surface area contributed by atoms with Gasteiger partial charge in [-0.15, -0.1) is 0 Å². The number of carbonyl (C=O) groups is 1. The molecule has 0 heterocycles. The highest BCUT2D eigenvalue weighted by molar-refractivity contribution is 7.88. The summed E-state index contributed by atoms with van der Waals surface area (Å²) in [5.74, 6) is -0.634. The summed E-state index contributed by atoms with van der Waals surface area (Å²) < 4.78 is 27.3. The van der Waals surface area contributed by atoms with Crippen LogP contribution in [0.15, 0.2) is 18.2 Å². The first kappa shape index (κ1) is 16.3. The zero-order valence-corrected chi connectivity index (χ0v) is 12.3. The van der Waals surface area contributed by atoms with Crippen LogP contribution in [0.3, 0.4) is 0 Å². The first-order valence-corrected chi connectivity index (χ1v) is 7.50. The summed E-state index contributed by atoms with van der Waals surface area (Å²) >= 11 is 0. The molecule has 4 N–H and O–H groups in total. The maximum atomic E-state index is 11.7. The average Bonchev–Trinajstić information content (AvgIpc) is 2.17. The zero-order valence-electron chi connectivity index (χ0n) is 11.5. The van der Waals surface area contributed by atoms with Gasteiger partial charge in [0.2, 0.25) is 10.0 Å². The van der Waals surface area contributed by atoms with Crippen LogP contribution < -0.4 is 10.5 Å². The third-order valence-electron chi connectivity index (χ3n) is 2.08. The minimum atomic E-state index is -3.79.